The van der Waals surface area contributed by atoms with Crippen molar-refractivity contribution in [3.05, 3.63) is 0 Å². The molecule has 1 aliphatic rings. The molecule has 2 atom stereocenters. The van der Waals surface area contributed by atoms with Gasteiger partial charge in [-0.3, -0.25) is 0 Å². The minimum absolute atomic E-state index is 0.00377. The van der Waals surface area contributed by atoms with Crippen LogP contribution in [-0.4, -0.2) is 47.6 Å². The lowest BCUT2D eigenvalue weighted by atomic mass is 10.2. The van der Waals surface area contributed by atoms with Gasteiger partial charge in [0, 0.05) is 7.11 Å². The van der Waals surface area contributed by atoms with Gasteiger partial charge in [0.25, 0.3) is 0 Å². The van der Waals surface area contributed by atoms with Crippen molar-refractivity contribution in [2.75, 3.05) is 27.1 Å². The Kier molecular flexibility index (Phi) is 5.16. The zero-order valence-electron chi connectivity index (χ0n) is 11.9. The highest BCUT2D eigenvalue weighted by Crippen LogP contribution is 2.37. The Bertz CT molecular complexity index is 233. The second kappa shape index (κ2) is 5.80. The number of epoxide rings is 1. The van der Waals surface area contributed by atoms with E-state index in [0.717, 1.165) is 6.61 Å². The quantitative estimate of drug-likeness (QED) is 0.401. The SMILES string of the molecule is COCO[C@H](CO[Si](C)(C)C(C)(C)C)[C@H]1CO1. The van der Waals surface area contributed by atoms with Gasteiger partial charge in [-0.25, -0.2) is 0 Å². The molecule has 1 heterocycles. The lowest BCUT2D eigenvalue weighted by Crippen LogP contribution is -2.43. The number of ether oxygens (including phenoxy) is 3. The van der Waals surface area contributed by atoms with Gasteiger partial charge in [-0.2, -0.15) is 0 Å². The summed E-state index contributed by atoms with van der Waals surface area (Å²) in [6, 6.07) is 0. The molecular weight excluding hydrogens is 236 g/mol. The van der Waals surface area contributed by atoms with Crippen molar-refractivity contribution in [3.63, 3.8) is 0 Å². The zero-order valence-corrected chi connectivity index (χ0v) is 12.9. The molecule has 0 saturated carbocycles. The Labute approximate surface area is 106 Å². The fraction of sp³-hybridized carbons (Fsp3) is 1.00. The van der Waals surface area contributed by atoms with Crippen molar-refractivity contribution in [3.8, 4) is 0 Å². The third kappa shape index (κ3) is 4.67. The molecule has 0 N–H and O–H groups in total. The van der Waals surface area contributed by atoms with Crippen LogP contribution in [0.15, 0.2) is 0 Å². The third-order valence-electron chi connectivity index (χ3n) is 3.59. The minimum atomic E-state index is -1.70. The van der Waals surface area contributed by atoms with Crippen LogP contribution in [0.25, 0.3) is 0 Å². The van der Waals surface area contributed by atoms with E-state index in [9.17, 15) is 0 Å². The number of hydrogen-bond donors (Lipinski definition) is 0. The maximum atomic E-state index is 6.13. The Morgan fingerprint density at radius 3 is 2.35 bits per heavy atom. The van der Waals surface area contributed by atoms with Crippen LogP contribution in [0.2, 0.25) is 18.1 Å². The molecule has 0 aromatic rings. The average Bonchev–Trinajstić information content (AvgIpc) is 3.00. The fourth-order valence-electron chi connectivity index (χ4n) is 1.20. The Balaban J connectivity index is 2.40. The Morgan fingerprint density at radius 2 is 1.94 bits per heavy atom. The van der Waals surface area contributed by atoms with Crippen molar-refractivity contribution >= 4 is 8.32 Å². The van der Waals surface area contributed by atoms with Crippen molar-refractivity contribution < 1.29 is 18.6 Å². The lowest BCUT2D eigenvalue weighted by molar-refractivity contribution is -0.0927. The lowest BCUT2D eigenvalue weighted by Gasteiger charge is -2.37. The summed E-state index contributed by atoms with van der Waals surface area (Å²) >= 11 is 0. The van der Waals surface area contributed by atoms with E-state index in [1.54, 1.807) is 7.11 Å². The highest BCUT2D eigenvalue weighted by atomic mass is 28.4. The molecule has 0 unspecified atom stereocenters. The number of methoxy groups -OCH3 is 1. The molecule has 0 amide bonds. The molecule has 0 bridgehead atoms. The predicted molar refractivity (Wildman–Crippen MR) is 69.6 cm³/mol. The van der Waals surface area contributed by atoms with E-state index in [-0.39, 0.29) is 17.2 Å². The smallest absolute Gasteiger partial charge is 0.192 e. The first-order valence-electron chi connectivity index (χ1n) is 6.14. The van der Waals surface area contributed by atoms with Crippen LogP contribution in [0.1, 0.15) is 20.8 Å². The predicted octanol–water partition coefficient (Wildman–Crippen LogP) is 2.40. The van der Waals surface area contributed by atoms with Gasteiger partial charge in [0.2, 0.25) is 0 Å². The van der Waals surface area contributed by atoms with Crippen molar-refractivity contribution in [2.45, 2.75) is 51.1 Å². The van der Waals surface area contributed by atoms with E-state index in [1.807, 2.05) is 0 Å². The first-order valence-corrected chi connectivity index (χ1v) is 9.05. The molecular formula is C12H26O4Si. The molecule has 0 aliphatic carbocycles. The summed E-state index contributed by atoms with van der Waals surface area (Å²) in [6.07, 6.45) is 0.194. The van der Waals surface area contributed by atoms with Gasteiger partial charge in [0.1, 0.15) is 19.0 Å². The molecule has 1 saturated heterocycles. The minimum Gasteiger partial charge on any atom is -0.414 e. The topological polar surface area (TPSA) is 40.2 Å². The van der Waals surface area contributed by atoms with Gasteiger partial charge < -0.3 is 18.6 Å². The zero-order chi connectivity index (χ0) is 13.1. The normalized spacial score (nSPS) is 22.6. The van der Waals surface area contributed by atoms with E-state index in [0.29, 0.717) is 13.4 Å². The third-order valence-corrected chi connectivity index (χ3v) is 8.09. The van der Waals surface area contributed by atoms with Crippen LogP contribution in [-0.2, 0) is 18.6 Å². The average molecular weight is 262 g/mol. The highest BCUT2D eigenvalue weighted by Gasteiger charge is 2.40. The van der Waals surface area contributed by atoms with Crippen LogP contribution in [0.5, 0.6) is 0 Å². The molecule has 102 valence electrons. The molecule has 5 heteroatoms. The summed E-state index contributed by atoms with van der Waals surface area (Å²) in [5.41, 5.74) is 0. The Hall–Kier alpha value is 0.0569. The number of hydrogen-bond acceptors (Lipinski definition) is 4. The molecule has 1 rings (SSSR count). The van der Waals surface area contributed by atoms with E-state index < -0.39 is 8.32 Å². The summed E-state index contributed by atoms with van der Waals surface area (Å²) in [5.74, 6) is 0. The first-order chi connectivity index (χ1) is 7.78. The van der Waals surface area contributed by atoms with Crippen LogP contribution in [0, 0.1) is 0 Å². The maximum absolute atomic E-state index is 6.13. The molecule has 1 fully saturated rings. The van der Waals surface area contributed by atoms with Gasteiger partial charge in [-0.15, -0.1) is 0 Å². The largest absolute Gasteiger partial charge is 0.414 e. The summed E-state index contributed by atoms with van der Waals surface area (Å²) < 4.78 is 21.9. The highest BCUT2D eigenvalue weighted by molar-refractivity contribution is 6.74. The van der Waals surface area contributed by atoms with Crippen LogP contribution in [0.3, 0.4) is 0 Å². The van der Waals surface area contributed by atoms with E-state index >= 15 is 0 Å². The van der Waals surface area contributed by atoms with Gasteiger partial charge in [0.05, 0.1) is 13.2 Å². The summed E-state index contributed by atoms with van der Waals surface area (Å²) in [7, 11) is -0.0768. The monoisotopic (exact) mass is 262 g/mol. The molecule has 0 aromatic heterocycles. The molecule has 1 aliphatic heterocycles. The van der Waals surface area contributed by atoms with Crippen LogP contribution >= 0.6 is 0 Å². The molecule has 0 aromatic carbocycles. The molecule has 0 spiro atoms. The molecule has 4 nitrogen and oxygen atoms in total. The maximum Gasteiger partial charge on any atom is 0.192 e. The van der Waals surface area contributed by atoms with Crippen LogP contribution < -0.4 is 0 Å². The summed E-state index contributed by atoms with van der Waals surface area (Å²) in [4.78, 5) is 0. The Morgan fingerprint density at radius 1 is 1.35 bits per heavy atom. The second-order valence-corrected chi connectivity index (χ2v) is 10.9. The van der Waals surface area contributed by atoms with Gasteiger partial charge in [-0.1, -0.05) is 20.8 Å². The van der Waals surface area contributed by atoms with Crippen molar-refractivity contribution in [2.24, 2.45) is 0 Å². The van der Waals surface area contributed by atoms with Crippen LogP contribution in [0.4, 0.5) is 0 Å². The fourth-order valence-corrected chi connectivity index (χ4v) is 2.21. The standard InChI is InChI=1S/C12H26O4Si/c1-12(2,3)17(5,6)16-8-11(10-7-14-10)15-9-13-4/h10-11H,7-9H2,1-6H3/t10-,11-/m1/s1. The van der Waals surface area contributed by atoms with Gasteiger partial charge >= 0.3 is 0 Å². The first kappa shape index (κ1) is 15.1. The second-order valence-electron chi connectivity index (χ2n) is 6.05. The van der Waals surface area contributed by atoms with Crippen molar-refractivity contribution in [1.29, 1.82) is 0 Å². The number of rotatable bonds is 7. The summed E-state index contributed by atoms with van der Waals surface area (Å²) in [6.45, 7) is 12.9. The van der Waals surface area contributed by atoms with E-state index in [4.69, 9.17) is 18.6 Å². The van der Waals surface area contributed by atoms with E-state index in [2.05, 4.69) is 33.9 Å². The molecule has 17 heavy (non-hydrogen) atoms. The van der Waals surface area contributed by atoms with E-state index in [1.165, 1.54) is 0 Å². The van der Waals surface area contributed by atoms with Gasteiger partial charge in [-0.05, 0) is 18.1 Å². The van der Waals surface area contributed by atoms with Crippen molar-refractivity contribution in [1.82, 2.24) is 0 Å². The molecule has 0 radical (unpaired) electrons. The summed E-state index contributed by atoms with van der Waals surface area (Å²) in [5, 5.41) is 0.225. The van der Waals surface area contributed by atoms with Gasteiger partial charge in [0.15, 0.2) is 8.32 Å².